The number of hydrogen-bond acceptors (Lipinski definition) is 4. The fourth-order valence-electron chi connectivity index (χ4n) is 1.71. The van der Waals surface area contributed by atoms with Crippen LogP contribution in [0, 0.1) is 6.92 Å². The largest absolute Gasteiger partial charge is 0.476 e. The van der Waals surface area contributed by atoms with Gasteiger partial charge in [0.15, 0.2) is 5.69 Å². The lowest BCUT2D eigenvalue weighted by Crippen LogP contribution is -2.33. The molecule has 0 fully saturated rings. The van der Waals surface area contributed by atoms with Crippen molar-refractivity contribution in [1.29, 1.82) is 0 Å². The Morgan fingerprint density at radius 2 is 2.21 bits per heavy atom. The first-order valence-corrected chi connectivity index (χ1v) is 7.19. The van der Waals surface area contributed by atoms with Crippen LogP contribution in [-0.4, -0.2) is 47.1 Å². The molecule has 0 saturated heterocycles. The van der Waals surface area contributed by atoms with Crippen molar-refractivity contribution in [2.75, 3.05) is 13.1 Å². The Balaban J connectivity index is 3.36. The summed E-state index contributed by atoms with van der Waals surface area (Å²) < 4.78 is 26.1. The smallest absolute Gasteiger partial charge is 0.357 e. The van der Waals surface area contributed by atoms with Gasteiger partial charge >= 0.3 is 5.97 Å². The summed E-state index contributed by atoms with van der Waals surface area (Å²) in [6, 6.07) is 0. The number of carbonyl (C=O) groups is 1. The van der Waals surface area contributed by atoms with Gasteiger partial charge in [-0.3, -0.25) is 5.10 Å². The Hall–Kier alpha value is -1.67. The molecule has 0 radical (unpaired) electrons. The van der Waals surface area contributed by atoms with Crippen molar-refractivity contribution in [2.45, 2.75) is 25.2 Å². The number of carboxylic acids is 1. The molecule has 8 heteroatoms. The minimum absolute atomic E-state index is 0.125. The van der Waals surface area contributed by atoms with Gasteiger partial charge in [0.05, 0.1) is 5.69 Å². The molecular formula is C11H17N3O4S. The number of aromatic nitrogens is 2. The van der Waals surface area contributed by atoms with E-state index in [-0.39, 0.29) is 23.7 Å². The number of carboxylic acid groups (broad SMARTS) is 1. The van der Waals surface area contributed by atoms with Crippen LogP contribution in [0.2, 0.25) is 0 Å². The van der Waals surface area contributed by atoms with Crippen molar-refractivity contribution in [3.8, 4) is 0 Å². The highest BCUT2D eigenvalue weighted by Crippen LogP contribution is 2.22. The molecule has 0 saturated carbocycles. The van der Waals surface area contributed by atoms with Crippen molar-refractivity contribution in [3.63, 3.8) is 0 Å². The number of nitrogens with zero attached hydrogens (tertiary/aromatic N) is 2. The number of aryl methyl sites for hydroxylation is 1. The normalized spacial score (nSPS) is 11.7. The maximum atomic E-state index is 12.5. The van der Waals surface area contributed by atoms with Crippen LogP contribution < -0.4 is 0 Å². The summed E-state index contributed by atoms with van der Waals surface area (Å²) in [5.74, 6) is -1.38. The summed E-state index contributed by atoms with van der Waals surface area (Å²) >= 11 is 0. The van der Waals surface area contributed by atoms with E-state index in [1.807, 2.05) is 6.92 Å². The molecule has 0 spiro atoms. The molecule has 1 aromatic heterocycles. The van der Waals surface area contributed by atoms with Gasteiger partial charge in [-0.1, -0.05) is 13.0 Å². The topological polar surface area (TPSA) is 103 Å². The van der Waals surface area contributed by atoms with Crippen LogP contribution in [0.15, 0.2) is 17.6 Å². The quantitative estimate of drug-likeness (QED) is 0.728. The first kappa shape index (κ1) is 15.4. The van der Waals surface area contributed by atoms with Gasteiger partial charge in [-0.2, -0.15) is 9.40 Å². The van der Waals surface area contributed by atoms with Crippen LogP contribution in [0.5, 0.6) is 0 Å². The number of rotatable bonds is 7. The van der Waals surface area contributed by atoms with Gasteiger partial charge in [0.25, 0.3) is 0 Å². The molecule has 106 valence electrons. The van der Waals surface area contributed by atoms with Crippen LogP contribution >= 0.6 is 0 Å². The van der Waals surface area contributed by atoms with Gasteiger partial charge in [0.1, 0.15) is 4.90 Å². The van der Waals surface area contributed by atoms with Crippen molar-refractivity contribution in [3.05, 3.63) is 24.0 Å². The van der Waals surface area contributed by atoms with Crippen LogP contribution in [0.3, 0.4) is 0 Å². The third kappa shape index (κ3) is 3.02. The molecule has 0 bridgehead atoms. The number of nitrogens with one attached hydrogen (secondary N) is 1. The highest BCUT2D eigenvalue weighted by Gasteiger charge is 2.32. The Morgan fingerprint density at radius 1 is 1.58 bits per heavy atom. The van der Waals surface area contributed by atoms with E-state index in [0.29, 0.717) is 6.42 Å². The molecule has 7 nitrogen and oxygen atoms in total. The summed E-state index contributed by atoms with van der Waals surface area (Å²) in [5, 5.41) is 14.9. The molecular weight excluding hydrogens is 270 g/mol. The lowest BCUT2D eigenvalue weighted by atomic mass is 10.4. The molecule has 0 unspecified atom stereocenters. The molecule has 19 heavy (non-hydrogen) atoms. The highest BCUT2D eigenvalue weighted by molar-refractivity contribution is 7.89. The van der Waals surface area contributed by atoms with E-state index >= 15 is 0 Å². The van der Waals surface area contributed by atoms with E-state index in [1.165, 1.54) is 17.3 Å². The average molecular weight is 287 g/mol. The maximum absolute atomic E-state index is 12.5. The fourth-order valence-corrected chi connectivity index (χ4v) is 3.50. The minimum atomic E-state index is -3.90. The van der Waals surface area contributed by atoms with E-state index in [2.05, 4.69) is 16.8 Å². The summed E-state index contributed by atoms with van der Waals surface area (Å²) in [7, 11) is -3.90. The van der Waals surface area contributed by atoms with E-state index in [0.717, 1.165) is 0 Å². The third-order valence-electron chi connectivity index (χ3n) is 2.50. The van der Waals surface area contributed by atoms with Gasteiger partial charge in [-0.05, 0) is 13.3 Å². The fraction of sp³-hybridized carbons (Fsp3) is 0.455. The van der Waals surface area contributed by atoms with Gasteiger partial charge in [0.2, 0.25) is 10.0 Å². The van der Waals surface area contributed by atoms with Crippen molar-refractivity contribution >= 4 is 16.0 Å². The Kier molecular flexibility index (Phi) is 4.84. The lowest BCUT2D eigenvalue weighted by Gasteiger charge is -2.19. The molecule has 2 N–H and O–H groups in total. The predicted molar refractivity (Wildman–Crippen MR) is 69.5 cm³/mol. The summed E-state index contributed by atoms with van der Waals surface area (Å²) in [6.45, 7) is 7.24. The van der Waals surface area contributed by atoms with Crippen LogP contribution in [0.25, 0.3) is 0 Å². The Morgan fingerprint density at radius 3 is 2.68 bits per heavy atom. The lowest BCUT2D eigenvalue weighted by molar-refractivity contribution is 0.0686. The monoisotopic (exact) mass is 287 g/mol. The SMILES string of the molecule is C=CCN(CCC)S(=O)(=O)c1c(C(=O)O)n[nH]c1C. The van der Waals surface area contributed by atoms with Crippen LogP contribution in [-0.2, 0) is 10.0 Å². The Labute approximate surface area is 112 Å². The van der Waals surface area contributed by atoms with Gasteiger partial charge < -0.3 is 5.11 Å². The van der Waals surface area contributed by atoms with E-state index in [1.54, 1.807) is 0 Å². The standard InChI is InChI=1S/C11H17N3O4S/c1-4-6-14(7-5-2)19(17,18)10-8(3)12-13-9(10)11(15)16/h4H,1,5-7H2,2-3H3,(H,12,13)(H,15,16). The molecule has 0 aromatic carbocycles. The zero-order chi connectivity index (χ0) is 14.6. The van der Waals surface area contributed by atoms with Gasteiger partial charge in [-0.15, -0.1) is 6.58 Å². The number of hydrogen-bond donors (Lipinski definition) is 2. The second kappa shape index (κ2) is 5.98. The molecule has 1 rings (SSSR count). The van der Waals surface area contributed by atoms with E-state index in [9.17, 15) is 13.2 Å². The van der Waals surface area contributed by atoms with Crippen molar-refractivity contribution in [1.82, 2.24) is 14.5 Å². The molecule has 0 atom stereocenters. The zero-order valence-electron chi connectivity index (χ0n) is 10.9. The molecule has 0 aliphatic heterocycles. The first-order chi connectivity index (χ1) is 8.86. The minimum Gasteiger partial charge on any atom is -0.476 e. The maximum Gasteiger partial charge on any atom is 0.357 e. The van der Waals surface area contributed by atoms with Crippen molar-refractivity contribution in [2.24, 2.45) is 0 Å². The summed E-state index contributed by atoms with van der Waals surface area (Å²) in [5.41, 5.74) is -0.273. The molecule has 0 aliphatic rings. The second-order valence-electron chi connectivity index (χ2n) is 3.98. The molecule has 0 amide bonds. The average Bonchev–Trinajstić information content (AvgIpc) is 2.71. The third-order valence-corrected chi connectivity index (χ3v) is 4.52. The Bertz CT molecular complexity index is 577. The van der Waals surface area contributed by atoms with Crippen LogP contribution in [0.4, 0.5) is 0 Å². The van der Waals surface area contributed by atoms with Crippen molar-refractivity contribution < 1.29 is 18.3 Å². The summed E-state index contributed by atoms with van der Waals surface area (Å²) in [4.78, 5) is 10.8. The first-order valence-electron chi connectivity index (χ1n) is 5.75. The van der Waals surface area contributed by atoms with E-state index in [4.69, 9.17) is 5.11 Å². The van der Waals surface area contributed by atoms with Gasteiger partial charge in [-0.25, -0.2) is 13.2 Å². The van der Waals surface area contributed by atoms with E-state index < -0.39 is 21.7 Å². The number of aromatic carboxylic acids is 1. The highest BCUT2D eigenvalue weighted by atomic mass is 32.2. The number of aromatic amines is 1. The summed E-state index contributed by atoms with van der Waals surface area (Å²) in [6.07, 6.45) is 2.08. The second-order valence-corrected chi connectivity index (χ2v) is 5.86. The number of sulfonamides is 1. The molecule has 0 aliphatic carbocycles. The predicted octanol–water partition coefficient (Wildman–Crippen LogP) is 1.00. The molecule has 1 aromatic rings. The zero-order valence-corrected chi connectivity index (χ0v) is 11.7. The van der Waals surface area contributed by atoms with Gasteiger partial charge in [0, 0.05) is 13.1 Å². The molecule has 1 heterocycles. The number of H-pyrrole nitrogens is 1. The van der Waals surface area contributed by atoms with Crippen LogP contribution in [0.1, 0.15) is 29.5 Å².